The third-order valence-electron chi connectivity index (χ3n) is 3.69. The number of hydrogen-bond donors (Lipinski definition) is 2. The van der Waals surface area contributed by atoms with Crippen molar-refractivity contribution in [3.63, 3.8) is 0 Å². The number of unbranched alkanes of at least 4 members (excludes halogenated alkanes) is 1. The predicted octanol–water partition coefficient (Wildman–Crippen LogP) is 3.27. The third kappa shape index (κ3) is 5.57. The highest BCUT2D eigenvalue weighted by Crippen LogP contribution is 2.13. The van der Waals surface area contributed by atoms with Crippen molar-refractivity contribution in [2.24, 2.45) is 0 Å². The van der Waals surface area contributed by atoms with Gasteiger partial charge >= 0.3 is 0 Å². The minimum Gasteiger partial charge on any atom is -0.497 e. The fourth-order valence-corrected chi connectivity index (χ4v) is 2.31. The highest BCUT2D eigenvalue weighted by molar-refractivity contribution is 5.93. The van der Waals surface area contributed by atoms with Crippen LogP contribution < -0.4 is 15.4 Å². The maximum absolute atomic E-state index is 12.2. The van der Waals surface area contributed by atoms with Crippen LogP contribution >= 0.6 is 0 Å². The van der Waals surface area contributed by atoms with E-state index in [1.54, 1.807) is 19.4 Å². The van der Waals surface area contributed by atoms with Crippen molar-refractivity contribution in [1.82, 2.24) is 10.3 Å². The summed E-state index contributed by atoms with van der Waals surface area (Å²) >= 11 is 0. The summed E-state index contributed by atoms with van der Waals surface area (Å²) in [5.41, 5.74) is 2.48. The van der Waals surface area contributed by atoms with Gasteiger partial charge in [0.2, 0.25) is 0 Å². The van der Waals surface area contributed by atoms with Crippen LogP contribution in [-0.2, 0) is 6.42 Å². The molecule has 0 bridgehead atoms. The van der Waals surface area contributed by atoms with E-state index in [0.717, 1.165) is 42.8 Å². The van der Waals surface area contributed by atoms with Gasteiger partial charge in [-0.25, -0.2) is 0 Å². The second-order valence-corrected chi connectivity index (χ2v) is 5.57. The number of hydrogen-bond acceptors (Lipinski definition) is 4. The molecular formula is C19H25N3O2. The first kappa shape index (κ1) is 17.8. The molecule has 128 valence electrons. The minimum absolute atomic E-state index is 0.156. The Morgan fingerprint density at radius 3 is 2.88 bits per heavy atom. The summed E-state index contributed by atoms with van der Waals surface area (Å²) in [4.78, 5) is 16.4. The first-order valence-electron chi connectivity index (χ1n) is 8.34. The van der Waals surface area contributed by atoms with E-state index in [0.29, 0.717) is 12.2 Å². The zero-order chi connectivity index (χ0) is 17.2. The molecule has 2 N–H and O–H groups in total. The Morgan fingerprint density at radius 2 is 2.08 bits per heavy atom. The Bertz CT molecular complexity index is 659. The number of aromatic nitrogens is 1. The summed E-state index contributed by atoms with van der Waals surface area (Å²) in [6.07, 6.45) is 4.64. The number of nitrogens with zero attached hydrogens (tertiary/aromatic N) is 1. The highest BCUT2D eigenvalue weighted by Gasteiger charge is 2.07. The quantitative estimate of drug-likeness (QED) is 0.694. The van der Waals surface area contributed by atoms with Gasteiger partial charge in [0.25, 0.3) is 5.91 Å². The molecular weight excluding hydrogens is 302 g/mol. The summed E-state index contributed by atoms with van der Waals surface area (Å²) in [6, 6.07) is 11.5. The molecule has 0 radical (unpaired) electrons. The Labute approximate surface area is 143 Å². The standard InChI is InChI=1S/C19H25N3O2/c1-3-4-10-20-16-9-12-21-18(14-16)19(23)22-11-8-15-6-5-7-17(13-15)24-2/h5-7,9,12-14H,3-4,8,10-11H2,1-2H3,(H,20,21)(H,22,23). The first-order chi connectivity index (χ1) is 11.7. The summed E-state index contributed by atoms with van der Waals surface area (Å²) < 4.78 is 5.20. The van der Waals surface area contributed by atoms with Crippen LogP contribution in [0, 0.1) is 0 Å². The molecule has 24 heavy (non-hydrogen) atoms. The number of ether oxygens (including phenoxy) is 1. The Balaban J connectivity index is 1.84. The van der Waals surface area contributed by atoms with Crippen LogP contribution in [0.5, 0.6) is 5.75 Å². The second kappa shape index (κ2) is 9.55. The van der Waals surface area contributed by atoms with Gasteiger partial charge in [0.15, 0.2) is 0 Å². The number of pyridine rings is 1. The number of methoxy groups -OCH3 is 1. The van der Waals surface area contributed by atoms with Crippen LogP contribution in [0.15, 0.2) is 42.6 Å². The average Bonchev–Trinajstić information content (AvgIpc) is 2.62. The Kier molecular flexibility index (Phi) is 7.08. The number of carbonyl (C=O) groups excluding carboxylic acids is 1. The van der Waals surface area contributed by atoms with Gasteiger partial charge in [0, 0.05) is 25.0 Å². The van der Waals surface area contributed by atoms with Gasteiger partial charge < -0.3 is 15.4 Å². The molecule has 5 heteroatoms. The predicted molar refractivity (Wildman–Crippen MR) is 96.7 cm³/mol. The van der Waals surface area contributed by atoms with Crippen LogP contribution in [0.1, 0.15) is 35.8 Å². The van der Waals surface area contributed by atoms with Gasteiger partial charge in [-0.1, -0.05) is 25.5 Å². The molecule has 0 saturated carbocycles. The molecule has 5 nitrogen and oxygen atoms in total. The lowest BCUT2D eigenvalue weighted by atomic mass is 10.1. The fraction of sp³-hybridized carbons (Fsp3) is 0.368. The molecule has 1 aromatic carbocycles. The van der Waals surface area contributed by atoms with Crippen molar-refractivity contribution in [2.45, 2.75) is 26.2 Å². The normalized spacial score (nSPS) is 10.2. The van der Waals surface area contributed by atoms with Crippen LogP contribution in [0.3, 0.4) is 0 Å². The number of benzene rings is 1. The van der Waals surface area contributed by atoms with E-state index >= 15 is 0 Å². The van der Waals surface area contributed by atoms with Crippen LogP contribution in [-0.4, -0.2) is 31.1 Å². The van der Waals surface area contributed by atoms with Crippen molar-refractivity contribution in [3.8, 4) is 5.75 Å². The Morgan fingerprint density at radius 1 is 1.21 bits per heavy atom. The molecule has 0 atom stereocenters. The van der Waals surface area contributed by atoms with Gasteiger partial charge in [-0.05, 0) is 42.7 Å². The largest absolute Gasteiger partial charge is 0.497 e. The van der Waals surface area contributed by atoms with Gasteiger partial charge in [0.1, 0.15) is 11.4 Å². The van der Waals surface area contributed by atoms with Crippen LogP contribution in [0.4, 0.5) is 5.69 Å². The average molecular weight is 327 g/mol. The maximum atomic E-state index is 12.2. The molecule has 0 spiro atoms. The molecule has 1 amide bonds. The van der Waals surface area contributed by atoms with E-state index < -0.39 is 0 Å². The zero-order valence-corrected chi connectivity index (χ0v) is 14.3. The van der Waals surface area contributed by atoms with Crippen molar-refractivity contribution < 1.29 is 9.53 Å². The summed E-state index contributed by atoms with van der Waals surface area (Å²) in [7, 11) is 1.65. The Hall–Kier alpha value is -2.56. The lowest BCUT2D eigenvalue weighted by Gasteiger charge is -2.08. The summed E-state index contributed by atoms with van der Waals surface area (Å²) in [5.74, 6) is 0.670. The van der Waals surface area contributed by atoms with E-state index in [1.807, 2.05) is 30.3 Å². The van der Waals surface area contributed by atoms with E-state index in [4.69, 9.17) is 4.74 Å². The molecule has 0 aliphatic heterocycles. The van der Waals surface area contributed by atoms with Crippen LogP contribution in [0.2, 0.25) is 0 Å². The number of amides is 1. The molecule has 0 aliphatic rings. The van der Waals surface area contributed by atoms with E-state index in [-0.39, 0.29) is 5.91 Å². The van der Waals surface area contributed by atoms with Gasteiger partial charge in [-0.2, -0.15) is 0 Å². The summed E-state index contributed by atoms with van der Waals surface area (Å²) in [5, 5.41) is 6.21. The maximum Gasteiger partial charge on any atom is 0.269 e. The van der Waals surface area contributed by atoms with Gasteiger partial charge in [-0.15, -0.1) is 0 Å². The molecule has 2 rings (SSSR count). The lowest BCUT2D eigenvalue weighted by Crippen LogP contribution is -2.26. The highest BCUT2D eigenvalue weighted by atomic mass is 16.5. The monoisotopic (exact) mass is 327 g/mol. The van der Waals surface area contributed by atoms with Crippen molar-refractivity contribution in [2.75, 3.05) is 25.5 Å². The zero-order valence-electron chi connectivity index (χ0n) is 14.3. The van der Waals surface area contributed by atoms with E-state index in [9.17, 15) is 4.79 Å². The fourth-order valence-electron chi connectivity index (χ4n) is 2.31. The minimum atomic E-state index is -0.156. The number of nitrogens with one attached hydrogen (secondary N) is 2. The first-order valence-corrected chi connectivity index (χ1v) is 8.34. The van der Waals surface area contributed by atoms with Gasteiger partial charge in [0.05, 0.1) is 7.11 Å². The molecule has 1 heterocycles. The van der Waals surface area contributed by atoms with Gasteiger partial charge in [-0.3, -0.25) is 9.78 Å². The van der Waals surface area contributed by atoms with Crippen molar-refractivity contribution in [1.29, 1.82) is 0 Å². The van der Waals surface area contributed by atoms with Crippen molar-refractivity contribution >= 4 is 11.6 Å². The smallest absolute Gasteiger partial charge is 0.269 e. The topological polar surface area (TPSA) is 63.2 Å². The molecule has 1 aromatic heterocycles. The molecule has 0 unspecified atom stereocenters. The van der Waals surface area contributed by atoms with E-state index in [2.05, 4.69) is 22.5 Å². The van der Waals surface area contributed by atoms with Crippen molar-refractivity contribution in [3.05, 3.63) is 53.9 Å². The molecule has 2 aromatic rings. The molecule has 0 aliphatic carbocycles. The SMILES string of the molecule is CCCCNc1ccnc(C(=O)NCCc2cccc(OC)c2)c1. The summed E-state index contributed by atoms with van der Waals surface area (Å²) in [6.45, 7) is 3.61. The number of carbonyl (C=O) groups is 1. The number of anilines is 1. The lowest BCUT2D eigenvalue weighted by molar-refractivity contribution is 0.0949. The second-order valence-electron chi connectivity index (χ2n) is 5.57. The molecule has 0 saturated heterocycles. The molecule has 0 fully saturated rings. The van der Waals surface area contributed by atoms with Crippen LogP contribution in [0.25, 0.3) is 0 Å². The van der Waals surface area contributed by atoms with E-state index in [1.165, 1.54) is 0 Å². The third-order valence-corrected chi connectivity index (χ3v) is 3.69. The number of rotatable bonds is 9.